The second-order valence-electron chi connectivity index (χ2n) is 1.80. The summed E-state index contributed by atoms with van der Waals surface area (Å²) in [6.07, 6.45) is -0.749. The third-order valence-corrected chi connectivity index (χ3v) is 0.977. The van der Waals surface area contributed by atoms with Gasteiger partial charge < -0.3 is 20.3 Å². The van der Waals surface area contributed by atoms with Crippen molar-refractivity contribution in [1.29, 1.82) is 0 Å². The number of nitrogens with one attached hydrogen (secondary N) is 1. The number of carbonyl (C=O) groups is 1. The van der Waals surface area contributed by atoms with E-state index in [4.69, 9.17) is 15.9 Å². The van der Waals surface area contributed by atoms with E-state index in [1.807, 2.05) is 0 Å². The topological polar surface area (TPSA) is 105 Å². The molecule has 0 aromatic carbocycles. The molecule has 5 N–H and O–H groups in total. The Balaban J connectivity index is 3.54. The second-order valence-corrected chi connectivity index (χ2v) is 1.80. The molecule has 0 aromatic rings. The molecule has 0 radical (unpaired) electrons. The van der Waals surface area contributed by atoms with Crippen LogP contribution < -0.4 is 11.1 Å². The first-order valence-corrected chi connectivity index (χ1v) is 3.09. The Morgan fingerprint density at radius 1 is 1.55 bits per heavy atom. The molecule has 0 aromatic heterocycles. The average Bonchev–Trinajstić information content (AvgIpc) is 2.01. The summed E-state index contributed by atoms with van der Waals surface area (Å²) in [5, 5.41) is 19.1. The Bertz CT molecular complexity index is 115. The Hall–Kier alpha value is -0.850. The fourth-order valence-electron chi connectivity index (χ4n) is 0.433. The van der Waals surface area contributed by atoms with Gasteiger partial charge in [-0.3, -0.25) is 5.73 Å². The lowest BCUT2D eigenvalue weighted by Gasteiger charge is -2.11. The smallest absolute Gasteiger partial charge is 0.408 e. The van der Waals surface area contributed by atoms with E-state index in [9.17, 15) is 4.79 Å². The monoisotopic (exact) mass is 164 g/mol. The van der Waals surface area contributed by atoms with Crippen LogP contribution in [0.15, 0.2) is 0 Å². The number of ether oxygens (including phenoxy) is 1. The molecule has 0 fully saturated rings. The fraction of sp³-hybridized carbons (Fsp3) is 0.800. The van der Waals surface area contributed by atoms with Gasteiger partial charge in [0.05, 0.1) is 19.3 Å². The molecule has 1 amide bonds. The van der Waals surface area contributed by atoms with E-state index >= 15 is 0 Å². The molecule has 0 bridgehead atoms. The molecular weight excluding hydrogens is 152 g/mol. The number of carbonyl (C=O) groups excluding carboxylic acids is 1. The van der Waals surface area contributed by atoms with Crippen LogP contribution in [0, 0.1) is 0 Å². The highest BCUT2D eigenvalue weighted by molar-refractivity contribution is 5.67. The normalized spacial score (nSPS) is 9.82. The van der Waals surface area contributed by atoms with Gasteiger partial charge in [0.15, 0.2) is 0 Å². The molecule has 0 heterocycles. The van der Waals surface area contributed by atoms with E-state index in [0.717, 1.165) is 0 Å². The quantitative estimate of drug-likeness (QED) is 0.359. The van der Waals surface area contributed by atoms with Crippen LogP contribution in [0.1, 0.15) is 0 Å². The molecule has 0 unspecified atom stereocenters. The van der Waals surface area contributed by atoms with Gasteiger partial charge in [-0.05, 0) is 0 Å². The minimum absolute atomic E-state index is 0.227. The van der Waals surface area contributed by atoms with Gasteiger partial charge in [-0.2, -0.15) is 0 Å². The summed E-state index contributed by atoms with van der Waals surface area (Å²) < 4.78 is 4.28. The Labute approximate surface area is 64.0 Å². The summed E-state index contributed by atoms with van der Waals surface area (Å²) in [5.74, 6) is 0. The molecule has 6 nitrogen and oxygen atoms in total. The SMILES string of the molecule is NCOC(=O)NC(CO)CO. The molecule has 0 saturated heterocycles. The minimum atomic E-state index is -0.749. The lowest BCUT2D eigenvalue weighted by molar-refractivity contribution is 0.123. The Kier molecular flexibility index (Phi) is 5.44. The van der Waals surface area contributed by atoms with Gasteiger partial charge in [0.25, 0.3) is 0 Å². The molecule has 11 heavy (non-hydrogen) atoms. The van der Waals surface area contributed by atoms with Crippen molar-refractivity contribution in [1.82, 2.24) is 5.32 Å². The van der Waals surface area contributed by atoms with Crippen molar-refractivity contribution >= 4 is 6.09 Å². The molecular formula is C5H12N2O4. The van der Waals surface area contributed by atoms with Gasteiger partial charge in [0.1, 0.15) is 6.73 Å². The maximum Gasteiger partial charge on any atom is 0.408 e. The third kappa shape index (κ3) is 4.54. The van der Waals surface area contributed by atoms with Crippen molar-refractivity contribution in [3.05, 3.63) is 0 Å². The van der Waals surface area contributed by atoms with E-state index in [1.165, 1.54) is 0 Å². The van der Waals surface area contributed by atoms with Crippen LogP contribution in [-0.4, -0.2) is 42.3 Å². The van der Waals surface area contributed by atoms with Gasteiger partial charge in [-0.15, -0.1) is 0 Å². The molecule has 0 saturated carbocycles. The zero-order chi connectivity index (χ0) is 8.69. The summed E-state index contributed by atoms with van der Waals surface area (Å²) in [6.45, 7) is -0.901. The Morgan fingerprint density at radius 3 is 2.45 bits per heavy atom. The number of rotatable bonds is 4. The highest BCUT2D eigenvalue weighted by Gasteiger charge is 2.09. The Morgan fingerprint density at radius 2 is 2.09 bits per heavy atom. The first-order chi connectivity index (χ1) is 5.24. The van der Waals surface area contributed by atoms with E-state index in [2.05, 4.69) is 10.1 Å². The highest BCUT2D eigenvalue weighted by Crippen LogP contribution is 1.81. The number of amides is 1. The van der Waals surface area contributed by atoms with Gasteiger partial charge in [0, 0.05) is 0 Å². The van der Waals surface area contributed by atoms with Crippen molar-refractivity contribution < 1.29 is 19.7 Å². The van der Waals surface area contributed by atoms with E-state index in [0.29, 0.717) is 0 Å². The second kappa shape index (κ2) is 5.90. The van der Waals surface area contributed by atoms with Crippen LogP contribution in [0.3, 0.4) is 0 Å². The summed E-state index contributed by atoms with van der Waals surface area (Å²) in [4.78, 5) is 10.5. The van der Waals surface area contributed by atoms with Gasteiger partial charge >= 0.3 is 6.09 Å². The summed E-state index contributed by atoms with van der Waals surface area (Å²) in [5.41, 5.74) is 4.88. The third-order valence-electron chi connectivity index (χ3n) is 0.977. The summed E-state index contributed by atoms with van der Waals surface area (Å²) in [6, 6.07) is -0.686. The van der Waals surface area contributed by atoms with Crippen LogP contribution in [0.25, 0.3) is 0 Å². The molecule has 66 valence electrons. The molecule has 0 spiro atoms. The fourth-order valence-corrected chi connectivity index (χ4v) is 0.433. The van der Waals surface area contributed by atoms with Crippen molar-refractivity contribution in [2.24, 2.45) is 5.73 Å². The van der Waals surface area contributed by atoms with Crippen molar-refractivity contribution in [2.75, 3.05) is 19.9 Å². The van der Waals surface area contributed by atoms with E-state index in [-0.39, 0.29) is 19.9 Å². The molecule has 0 aliphatic carbocycles. The first kappa shape index (κ1) is 10.2. The van der Waals surface area contributed by atoms with Crippen molar-refractivity contribution in [3.63, 3.8) is 0 Å². The van der Waals surface area contributed by atoms with Crippen LogP contribution >= 0.6 is 0 Å². The van der Waals surface area contributed by atoms with Crippen LogP contribution in [0.4, 0.5) is 4.79 Å². The number of hydrogen-bond donors (Lipinski definition) is 4. The lowest BCUT2D eigenvalue weighted by Crippen LogP contribution is -2.40. The van der Waals surface area contributed by atoms with Gasteiger partial charge in [-0.1, -0.05) is 0 Å². The maximum absolute atomic E-state index is 10.5. The molecule has 0 aliphatic rings. The van der Waals surface area contributed by atoms with Crippen molar-refractivity contribution in [3.8, 4) is 0 Å². The zero-order valence-electron chi connectivity index (χ0n) is 5.99. The summed E-state index contributed by atoms with van der Waals surface area (Å²) in [7, 11) is 0. The van der Waals surface area contributed by atoms with Crippen LogP contribution in [-0.2, 0) is 4.74 Å². The molecule has 0 rings (SSSR count). The lowest BCUT2D eigenvalue weighted by atomic mass is 10.3. The van der Waals surface area contributed by atoms with Gasteiger partial charge in [-0.25, -0.2) is 4.79 Å². The zero-order valence-corrected chi connectivity index (χ0v) is 5.99. The minimum Gasteiger partial charge on any atom is -0.434 e. The number of aliphatic hydroxyl groups excluding tert-OH is 2. The van der Waals surface area contributed by atoms with Gasteiger partial charge in [0.2, 0.25) is 0 Å². The number of alkyl carbamates (subject to hydrolysis) is 1. The van der Waals surface area contributed by atoms with Crippen LogP contribution in [0.5, 0.6) is 0 Å². The van der Waals surface area contributed by atoms with E-state index < -0.39 is 12.1 Å². The molecule has 6 heteroatoms. The predicted molar refractivity (Wildman–Crippen MR) is 36.6 cm³/mol. The molecule has 0 aliphatic heterocycles. The number of hydrogen-bond acceptors (Lipinski definition) is 5. The highest BCUT2D eigenvalue weighted by atomic mass is 16.6. The maximum atomic E-state index is 10.5. The van der Waals surface area contributed by atoms with Crippen LogP contribution in [0.2, 0.25) is 0 Å². The van der Waals surface area contributed by atoms with E-state index in [1.54, 1.807) is 0 Å². The largest absolute Gasteiger partial charge is 0.434 e. The standard InChI is InChI=1S/C5H12N2O4/c6-3-11-5(10)7-4(1-8)2-9/h4,8-9H,1-3,6H2,(H,7,10). The predicted octanol–water partition coefficient (Wildman–Crippen LogP) is -2.02. The van der Waals surface area contributed by atoms with Crippen molar-refractivity contribution in [2.45, 2.75) is 6.04 Å². The average molecular weight is 164 g/mol. The number of nitrogens with two attached hydrogens (primary N) is 1. The molecule has 0 atom stereocenters. The number of aliphatic hydroxyl groups is 2. The summed E-state index contributed by atoms with van der Waals surface area (Å²) >= 11 is 0. The first-order valence-electron chi connectivity index (χ1n) is 3.09.